The van der Waals surface area contributed by atoms with E-state index in [2.05, 4.69) is 10.6 Å². The SMILES string of the molecule is COc1ccc(CNC(=O)C(C)Nc2ccc(N3CCCC3=O)cc2)cc1. The van der Waals surface area contributed by atoms with Crippen molar-refractivity contribution in [1.82, 2.24) is 5.32 Å². The lowest BCUT2D eigenvalue weighted by molar-refractivity contribution is -0.121. The second-order valence-electron chi connectivity index (χ2n) is 6.63. The van der Waals surface area contributed by atoms with Crippen molar-refractivity contribution < 1.29 is 14.3 Å². The summed E-state index contributed by atoms with van der Waals surface area (Å²) in [7, 11) is 1.62. The molecule has 1 aliphatic rings. The number of amides is 2. The van der Waals surface area contributed by atoms with Crippen LogP contribution in [0, 0.1) is 0 Å². The number of methoxy groups -OCH3 is 1. The number of hydrogen-bond donors (Lipinski definition) is 2. The van der Waals surface area contributed by atoms with Gasteiger partial charge in [-0.2, -0.15) is 0 Å². The molecule has 2 aromatic carbocycles. The van der Waals surface area contributed by atoms with E-state index in [4.69, 9.17) is 4.74 Å². The van der Waals surface area contributed by atoms with Gasteiger partial charge in [-0.3, -0.25) is 9.59 Å². The fraction of sp³-hybridized carbons (Fsp3) is 0.333. The highest BCUT2D eigenvalue weighted by atomic mass is 16.5. The molecule has 0 radical (unpaired) electrons. The van der Waals surface area contributed by atoms with Gasteiger partial charge in [0, 0.05) is 30.9 Å². The van der Waals surface area contributed by atoms with Gasteiger partial charge in [0.1, 0.15) is 11.8 Å². The van der Waals surface area contributed by atoms with E-state index in [1.807, 2.05) is 55.5 Å². The minimum atomic E-state index is -0.373. The van der Waals surface area contributed by atoms with Crippen LogP contribution >= 0.6 is 0 Å². The van der Waals surface area contributed by atoms with Crippen LogP contribution in [-0.2, 0) is 16.1 Å². The molecule has 0 bridgehead atoms. The van der Waals surface area contributed by atoms with Crippen molar-refractivity contribution in [3.8, 4) is 5.75 Å². The van der Waals surface area contributed by atoms with E-state index >= 15 is 0 Å². The topological polar surface area (TPSA) is 70.7 Å². The molecule has 2 amide bonds. The van der Waals surface area contributed by atoms with Crippen LogP contribution in [0.3, 0.4) is 0 Å². The van der Waals surface area contributed by atoms with Crippen LogP contribution in [0.1, 0.15) is 25.3 Å². The first kappa shape index (κ1) is 18.8. The number of rotatable bonds is 7. The average molecular weight is 367 g/mol. The molecule has 2 aromatic rings. The fourth-order valence-electron chi connectivity index (χ4n) is 3.06. The lowest BCUT2D eigenvalue weighted by atomic mass is 10.2. The summed E-state index contributed by atoms with van der Waals surface area (Å²) in [5, 5.41) is 6.11. The Bertz CT molecular complexity index is 787. The molecule has 6 heteroatoms. The Labute approximate surface area is 159 Å². The first-order valence-electron chi connectivity index (χ1n) is 9.14. The highest BCUT2D eigenvalue weighted by molar-refractivity contribution is 5.95. The third-order valence-electron chi connectivity index (χ3n) is 4.65. The van der Waals surface area contributed by atoms with Gasteiger partial charge in [-0.1, -0.05) is 12.1 Å². The van der Waals surface area contributed by atoms with Crippen LogP contribution in [0.25, 0.3) is 0 Å². The van der Waals surface area contributed by atoms with E-state index in [0.29, 0.717) is 13.0 Å². The number of nitrogens with one attached hydrogen (secondary N) is 2. The quantitative estimate of drug-likeness (QED) is 0.789. The van der Waals surface area contributed by atoms with Crippen molar-refractivity contribution in [2.75, 3.05) is 23.9 Å². The predicted molar refractivity (Wildman–Crippen MR) is 106 cm³/mol. The van der Waals surface area contributed by atoms with E-state index < -0.39 is 0 Å². The molecule has 1 heterocycles. The van der Waals surface area contributed by atoms with Crippen LogP contribution in [0.5, 0.6) is 5.75 Å². The molecule has 2 N–H and O–H groups in total. The summed E-state index contributed by atoms with van der Waals surface area (Å²) >= 11 is 0. The molecule has 27 heavy (non-hydrogen) atoms. The van der Waals surface area contributed by atoms with Gasteiger partial charge in [-0.15, -0.1) is 0 Å². The Hall–Kier alpha value is -3.02. The fourth-order valence-corrected chi connectivity index (χ4v) is 3.06. The summed E-state index contributed by atoms with van der Waals surface area (Å²) in [6, 6.07) is 14.8. The average Bonchev–Trinajstić information content (AvgIpc) is 3.13. The van der Waals surface area contributed by atoms with Crippen LogP contribution in [0.15, 0.2) is 48.5 Å². The normalized spacial score (nSPS) is 14.7. The molecule has 142 valence electrons. The highest BCUT2D eigenvalue weighted by Gasteiger charge is 2.21. The molecule has 6 nitrogen and oxygen atoms in total. The first-order chi connectivity index (χ1) is 13.1. The Balaban J connectivity index is 1.50. The van der Waals surface area contributed by atoms with Crippen LogP contribution < -0.4 is 20.3 Å². The van der Waals surface area contributed by atoms with E-state index in [0.717, 1.165) is 35.7 Å². The van der Waals surface area contributed by atoms with Crippen LogP contribution in [0.4, 0.5) is 11.4 Å². The molecule has 0 saturated carbocycles. The summed E-state index contributed by atoms with van der Waals surface area (Å²) in [5.41, 5.74) is 2.76. The third kappa shape index (κ3) is 4.78. The van der Waals surface area contributed by atoms with Crippen molar-refractivity contribution in [2.45, 2.75) is 32.4 Å². The second kappa shape index (κ2) is 8.58. The van der Waals surface area contributed by atoms with Gasteiger partial charge in [0.2, 0.25) is 11.8 Å². The largest absolute Gasteiger partial charge is 0.497 e. The number of carbonyl (C=O) groups is 2. The van der Waals surface area contributed by atoms with Gasteiger partial charge in [0.15, 0.2) is 0 Å². The molecule has 1 aliphatic heterocycles. The Morgan fingerprint density at radius 1 is 1.15 bits per heavy atom. The number of carbonyl (C=O) groups excluding carboxylic acids is 2. The number of nitrogens with zero attached hydrogens (tertiary/aromatic N) is 1. The summed E-state index contributed by atoms with van der Waals surface area (Å²) < 4.78 is 5.13. The second-order valence-corrected chi connectivity index (χ2v) is 6.63. The standard InChI is InChI=1S/C21H25N3O3/c1-15(21(26)22-14-16-5-11-19(27-2)12-6-16)23-17-7-9-18(10-8-17)24-13-3-4-20(24)25/h5-12,15,23H,3-4,13-14H2,1-2H3,(H,22,26). The number of ether oxygens (including phenoxy) is 1. The summed E-state index contributed by atoms with van der Waals surface area (Å²) in [5.74, 6) is 0.880. The van der Waals surface area contributed by atoms with Crippen molar-refractivity contribution >= 4 is 23.2 Å². The molecule has 1 unspecified atom stereocenters. The first-order valence-corrected chi connectivity index (χ1v) is 9.14. The Kier molecular flexibility index (Phi) is 5.96. The van der Waals surface area contributed by atoms with E-state index in [9.17, 15) is 9.59 Å². The van der Waals surface area contributed by atoms with E-state index in [-0.39, 0.29) is 17.9 Å². The van der Waals surface area contributed by atoms with E-state index in [1.165, 1.54) is 0 Å². The lowest BCUT2D eigenvalue weighted by Crippen LogP contribution is -2.37. The zero-order valence-electron chi connectivity index (χ0n) is 15.7. The minimum Gasteiger partial charge on any atom is -0.497 e. The molecule has 3 rings (SSSR count). The maximum absolute atomic E-state index is 12.3. The maximum Gasteiger partial charge on any atom is 0.242 e. The van der Waals surface area contributed by atoms with Crippen molar-refractivity contribution in [3.05, 3.63) is 54.1 Å². The van der Waals surface area contributed by atoms with Gasteiger partial charge in [-0.25, -0.2) is 0 Å². The van der Waals surface area contributed by atoms with Crippen molar-refractivity contribution in [3.63, 3.8) is 0 Å². The lowest BCUT2D eigenvalue weighted by Gasteiger charge is -2.18. The zero-order valence-corrected chi connectivity index (χ0v) is 15.7. The molecule has 1 atom stereocenters. The van der Waals surface area contributed by atoms with Crippen LogP contribution in [0.2, 0.25) is 0 Å². The Morgan fingerprint density at radius 3 is 2.44 bits per heavy atom. The van der Waals surface area contributed by atoms with Gasteiger partial charge in [0.05, 0.1) is 7.11 Å². The molecular weight excluding hydrogens is 342 g/mol. The number of benzene rings is 2. The monoisotopic (exact) mass is 367 g/mol. The molecule has 0 aliphatic carbocycles. The van der Waals surface area contributed by atoms with Gasteiger partial charge in [-0.05, 0) is 55.3 Å². The Morgan fingerprint density at radius 2 is 1.85 bits per heavy atom. The molecule has 1 fully saturated rings. The molecule has 0 aromatic heterocycles. The van der Waals surface area contributed by atoms with Crippen molar-refractivity contribution in [1.29, 1.82) is 0 Å². The van der Waals surface area contributed by atoms with E-state index in [1.54, 1.807) is 12.0 Å². The molecular formula is C21H25N3O3. The van der Waals surface area contributed by atoms with Gasteiger partial charge >= 0.3 is 0 Å². The number of anilines is 2. The smallest absolute Gasteiger partial charge is 0.242 e. The number of hydrogen-bond acceptors (Lipinski definition) is 4. The molecule has 0 spiro atoms. The summed E-state index contributed by atoms with van der Waals surface area (Å²) in [6.07, 6.45) is 1.52. The van der Waals surface area contributed by atoms with Crippen molar-refractivity contribution in [2.24, 2.45) is 0 Å². The summed E-state index contributed by atoms with van der Waals surface area (Å²) in [6.45, 7) is 3.06. The van der Waals surface area contributed by atoms with Gasteiger partial charge in [0.25, 0.3) is 0 Å². The summed E-state index contributed by atoms with van der Waals surface area (Å²) in [4.78, 5) is 25.9. The third-order valence-corrected chi connectivity index (χ3v) is 4.65. The van der Waals surface area contributed by atoms with Gasteiger partial charge < -0.3 is 20.3 Å². The maximum atomic E-state index is 12.3. The highest BCUT2D eigenvalue weighted by Crippen LogP contribution is 2.23. The predicted octanol–water partition coefficient (Wildman–Crippen LogP) is 2.94. The zero-order chi connectivity index (χ0) is 19.2. The molecule has 1 saturated heterocycles. The van der Waals surface area contributed by atoms with Crippen LogP contribution in [-0.4, -0.2) is 31.5 Å². The minimum absolute atomic E-state index is 0.0791.